The summed E-state index contributed by atoms with van der Waals surface area (Å²) in [6, 6.07) is 0. The lowest BCUT2D eigenvalue weighted by molar-refractivity contribution is -0.145. The van der Waals surface area contributed by atoms with E-state index in [0.29, 0.717) is 0 Å². The van der Waals surface area contributed by atoms with E-state index in [-0.39, 0.29) is 18.4 Å². The van der Waals surface area contributed by atoms with Crippen LogP contribution >= 0.6 is 19.0 Å². The second-order valence-electron chi connectivity index (χ2n) is 4.02. The molecule has 0 amide bonds. The molecule has 4 nitrogen and oxygen atoms in total. The predicted octanol–water partition coefficient (Wildman–Crippen LogP) is 3.23. The van der Waals surface area contributed by atoms with E-state index < -0.39 is 18.5 Å². The highest BCUT2D eigenvalue weighted by atomic mass is 35.5. The summed E-state index contributed by atoms with van der Waals surface area (Å²) < 4.78 is 22.5. The molecule has 0 spiro atoms. The van der Waals surface area contributed by atoms with E-state index in [9.17, 15) is 9.36 Å². The molecule has 0 aromatic heterocycles. The van der Waals surface area contributed by atoms with Gasteiger partial charge in [-0.05, 0) is 27.7 Å². The van der Waals surface area contributed by atoms with Crippen LogP contribution in [0.25, 0.3) is 0 Å². The summed E-state index contributed by atoms with van der Waals surface area (Å²) in [7, 11) is -3.17. The first-order valence-corrected chi connectivity index (χ1v) is 7.66. The summed E-state index contributed by atoms with van der Waals surface area (Å²) >= 11 is 5.86. The Morgan fingerprint density at radius 1 is 1.25 bits per heavy atom. The molecular weight excluding hydrogens is 251 g/mol. The van der Waals surface area contributed by atoms with Crippen molar-refractivity contribution in [3.8, 4) is 0 Å². The van der Waals surface area contributed by atoms with Crippen molar-refractivity contribution >= 4 is 24.9 Å². The van der Waals surface area contributed by atoms with E-state index in [4.69, 9.17) is 20.9 Å². The highest BCUT2D eigenvalue weighted by molar-refractivity contribution is 7.62. The van der Waals surface area contributed by atoms with Gasteiger partial charge in [0.05, 0.1) is 12.2 Å². The van der Waals surface area contributed by atoms with Crippen LogP contribution in [0.3, 0.4) is 0 Å². The minimum atomic E-state index is -3.17. The number of hydrogen-bond acceptors (Lipinski definition) is 4. The number of halogens is 1. The normalized spacial score (nSPS) is 17.2. The van der Waals surface area contributed by atoms with Crippen LogP contribution in [-0.4, -0.2) is 29.5 Å². The van der Waals surface area contributed by atoms with Crippen LogP contribution in [0.2, 0.25) is 0 Å². The van der Waals surface area contributed by atoms with Gasteiger partial charge in [0.25, 0.3) is 0 Å². The molecule has 0 saturated carbocycles. The lowest BCUT2D eigenvalue weighted by Crippen LogP contribution is -2.24. The predicted molar refractivity (Wildman–Crippen MR) is 65.2 cm³/mol. The Labute approximate surface area is 102 Å². The van der Waals surface area contributed by atoms with Crippen molar-refractivity contribution in [2.45, 2.75) is 51.9 Å². The van der Waals surface area contributed by atoms with Gasteiger partial charge in [-0.25, -0.2) is 4.79 Å². The van der Waals surface area contributed by atoms with Crippen LogP contribution in [0.1, 0.15) is 34.6 Å². The zero-order chi connectivity index (χ0) is 12.9. The third-order valence-electron chi connectivity index (χ3n) is 1.72. The molecule has 2 unspecified atom stereocenters. The van der Waals surface area contributed by atoms with Gasteiger partial charge in [0.2, 0.25) is 12.5 Å². The van der Waals surface area contributed by atoms with Gasteiger partial charge in [0.1, 0.15) is 0 Å². The summed E-state index contributed by atoms with van der Waals surface area (Å²) in [6.45, 7) is 8.60. The van der Waals surface area contributed by atoms with Crippen molar-refractivity contribution in [3.05, 3.63) is 0 Å². The van der Waals surface area contributed by atoms with E-state index >= 15 is 0 Å². The van der Waals surface area contributed by atoms with E-state index in [1.165, 1.54) is 0 Å². The first kappa shape index (κ1) is 16.0. The Morgan fingerprint density at radius 2 is 1.75 bits per heavy atom. The number of alkyl halides is 1. The molecule has 0 heterocycles. The molecule has 0 aromatic rings. The minimum Gasteiger partial charge on any atom is -0.461 e. The zero-order valence-electron chi connectivity index (χ0n) is 10.4. The summed E-state index contributed by atoms with van der Waals surface area (Å²) in [6.07, 6.45) is -0.302. The van der Waals surface area contributed by atoms with Gasteiger partial charge in [-0.15, -0.1) is 0 Å². The minimum absolute atomic E-state index is 0.215. The van der Waals surface area contributed by atoms with Gasteiger partial charge >= 0.3 is 5.97 Å². The molecule has 0 aromatic carbocycles. The maximum atomic E-state index is 12.3. The van der Waals surface area contributed by atoms with E-state index in [1.54, 1.807) is 34.6 Å². The van der Waals surface area contributed by atoms with Gasteiger partial charge in [-0.2, -0.15) is 0 Å². The van der Waals surface area contributed by atoms with Gasteiger partial charge < -0.3 is 9.26 Å². The second-order valence-corrected chi connectivity index (χ2v) is 7.57. The van der Waals surface area contributed by atoms with E-state index in [2.05, 4.69) is 0 Å². The molecular formula is C10H20ClO4P. The van der Waals surface area contributed by atoms with Gasteiger partial charge in [-0.3, -0.25) is 4.57 Å². The first-order chi connectivity index (χ1) is 7.23. The summed E-state index contributed by atoms with van der Waals surface area (Å²) in [5, 5.41) is -1.22. The average Bonchev–Trinajstić information content (AvgIpc) is 2.14. The van der Waals surface area contributed by atoms with Crippen molar-refractivity contribution in [1.82, 2.24) is 0 Å². The van der Waals surface area contributed by atoms with Crippen LogP contribution in [0, 0.1) is 0 Å². The van der Waals surface area contributed by atoms with E-state index in [0.717, 1.165) is 0 Å². The number of ether oxygens (including phenoxy) is 1. The molecule has 0 rings (SSSR count). The standard InChI is InChI=1S/C10H20ClO4P/c1-6-16(13,15-8(4)5)9(11)10(12)14-7(2)3/h7-9H,6H2,1-5H3. The molecule has 0 fully saturated rings. The molecule has 0 radical (unpaired) electrons. The summed E-state index contributed by atoms with van der Waals surface area (Å²) in [5.41, 5.74) is 0. The number of carbonyl (C=O) groups excluding carboxylic acids is 1. The van der Waals surface area contributed by atoms with Crippen molar-refractivity contribution < 1.29 is 18.6 Å². The number of carbonyl (C=O) groups is 1. The largest absolute Gasteiger partial charge is 0.461 e. The highest BCUT2D eigenvalue weighted by Crippen LogP contribution is 2.54. The molecule has 0 aliphatic rings. The van der Waals surface area contributed by atoms with Gasteiger partial charge in [0.15, 0.2) is 0 Å². The molecule has 0 bridgehead atoms. The number of esters is 1. The quantitative estimate of drug-likeness (QED) is 0.422. The highest BCUT2D eigenvalue weighted by Gasteiger charge is 2.39. The van der Waals surface area contributed by atoms with Crippen molar-refractivity contribution in [1.29, 1.82) is 0 Å². The molecule has 96 valence electrons. The SMILES string of the molecule is CCP(=O)(OC(C)C)C(Cl)C(=O)OC(C)C. The third-order valence-corrected chi connectivity index (χ3v) is 5.35. The smallest absolute Gasteiger partial charge is 0.334 e. The van der Waals surface area contributed by atoms with E-state index in [1.807, 2.05) is 0 Å². The van der Waals surface area contributed by atoms with Gasteiger partial charge in [0, 0.05) is 6.16 Å². The second kappa shape index (κ2) is 6.63. The lowest BCUT2D eigenvalue weighted by atomic mass is 10.5. The Balaban J connectivity index is 4.69. The molecule has 16 heavy (non-hydrogen) atoms. The average molecular weight is 271 g/mol. The van der Waals surface area contributed by atoms with Crippen LogP contribution in [0.15, 0.2) is 0 Å². The third kappa shape index (κ3) is 4.86. The Morgan fingerprint density at radius 3 is 2.06 bits per heavy atom. The number of rotatable bonds is 6. The molecule has 0 N–H and O–H groups in total. The van der Waals surface area contributed by atoms with Crippen LogP contribution in [-0.2, 0) is 18.6 Å². The fourth-order valence-electron chi connectivity index (χ4n) is 1.09. The zero-order valence-corrected chi connectivity index (χ0v) is 12.0. The van der Waals surface area contributed by atoms with Crippen LogP contribution < -0.4 is 0 Å². The molecule has 2 atom stereocenters. The monoisotopic (exact) mass is 270 g/mol. The maximum Gasteiger partial charge on any atom is 0.334 e. The molecule has 6 heteroatoms. The Hall–Kier alpha value is -0.0500. The number of hydrogen-bond donors (Lipinski definition) is 0. The summed E-state index contributed by atoms with van der Waals surface area (Å²) in [5.74, 6) is -0.678. The molecule has 0 aliphatic heterocycles. The Kier molecular flexibility index (Phi) is 6.61. The van der Waals surface area contributed by atoms with Crippen LogP contribution in [0.5, 0.6) is 0 Å². The van der Waals surface area contributed by atoms with Gasteiger partial charge in [-0.1, -0.05) is 18.5 Å². The topological polar surface area (TPSA) is 52.6 Å². The Bertz CT molecular complexity index is 278. The maximum absolute atomic E-state index is 12.3. The van der Waals surface area contributed by atoms with Crippen molar-refractivity contribution in [3.63, 3.8) is 0 Å². The fraction of sp³-hybridized carbons (Fsp3) is 0.900. The van der Waals surface area contributed by atoms with Crippen LogP contribution in [0.4, 0.5) is 0 Å². The lowest BCUT2D eigenvalue weighted by Gasteiger charge is -2.23. The fourth-order valence-corrected chi connectivity index (χ4v) is 3.37. The molecule has 0 saturated heterocycles. The van der Waals surface area contributed by atoms with Crippen molar-refractivity contribution in [2.75, 3.05) is 6.16 Å². The molecule has 0 aliphatic carbocycles. The summed E-state index contributed by atoms with van der Waals surface area (Å²) in [4.78, 5) is 11.5. The van der Waals surface area contributed by atoms with Crippen molar-refractivity contribution in [2.24, 2.45) is 0 Å². The first-order valence-electron chi connectivity index (χ1n) is 5.34.